The molecule has 6 nitrogen and oxygen atoms in total. The number of amides is 2. The van der Waals surface area contributed by atoms with Crippen molar-refractivity contribution in [2.75, 3.05) is 44.3 Å². The van der Waals surface area contributed by atoms with Crippen LogP contribution in [0.4, 0.5) is 10.5 Å². The SMILES string of the molecule is CC(=O)c1ccc(CN(C(=O)N2CCN(C3COC3)CC2)c2cccc(Cl)c2)cc1. The minimum absolute atomic E-state index is 0.0269. The van der Waals surface area contributed by atoms with E-state index in [1.54, 1.807) is 30.0 Å². The number of nitrogens with zero attached hydrogens (tertiary/aromatic N) is 3. The van der Waals surface area contributed by atoms with Crippen molar-refractivity contribution >= 4 is 29.1 Å². The second-order valence-electron chi connectivity index (χ2n) is 7.82. The van der Waals surface area contributed by atoms with E-state index in [0.717, 1.165) is 37.6 Å². The fourth-order valence-electron chi connectivity index (χ4n) is 3.82. The Balaban J connectivity index is 1.51. The summed E-state index contributed by atoms with van der Waals surface area (Å²) in [6.07, 6.45) is 0. The average Bonchev–Trinajstić information content (AvgIpc) is 2.71. The molecule has 2 aliphatic heterocycles. The van der Waals surface area contributed by atoms with Crippen LogP contribution in [-0.4, -0.2) is 67.0 Å². The van der Waals surface area contributed by atoms with Crippen molar-refractivity contribution in [1.29, 1.82) is 0 Å². The van der Waals surface area contributed by atoms with E-state index in [2.05, 4.69) is 4.90 Å². The van der Waals surface area contributed by atoms with Gasteiger partial charge in [0.2, 0.25) is 0 Å². The number of hydrogen-bond acceptors (Lipinski definition) is 4. The van der Waals surface area contributed by atoms with E-state index in [4.69, 9.17) is 16.3 Å². The summed E-state index contributed by atoms with van der Waals surface area (Å²) in [5.74, 6) is 0.0269. The first-order valence-corrected chi connectivity index (χ1v) is 10.6. The summed E-state index contributed by atoms with van der Waals surface area (Å²) < 4.78 is 5.30. The summed E-state index contributed by atoms with van der Waals surface area (Å²) in [6.45, 7) is 6.64. The van der Waals surface area contributed by atoms with E-state index in [9.17, 15) is 9.59 Å². The number of carbonyl (C=O) groups is 2. The van der Waals surface area contributed by atoms with Gasteiger partial charge in [0.15, 0.2) is 5.78 Å². The maximum atomic E-state index is 13.5. The van der Waals surface area contributed by atoms with Gasteiger partial charge in [0.25, 0.3) is 0 Å². The lowest BCUT2D eigenvalue weighted by atomic mass is 10.1. The maximum absolute atomic E-state index is 13.5. The van der Waals surface area contributed by atoms with Gasteiger partial charge in [0, 0.05) is 42.5 Å². The Morgan fingerprint density at radius 1 is 1.07 bits per heavy atom. The molecule has 2 fully saturated rings. The summed E-state index contributed by atoms with van der Waals surface area (Å²) in [6, 6.07) is 15.2. The van der Waals surface area contributed by atoms with Gasteiger partial charge in [-0.25, -0.2) is 4.79 Å². The summed E-state index contributed by atoms with van der Waals surface area (Å²) in [5.41, 5.74) is 2.38. The van der Waals surface area contributed by atoms with E-state index < -0.39 is 0 Å². The van der Waals surface area contributed by atoms with Crippen molar-refractivity contribution in [3.8, 4) is 0 Å². The highest BCUT2D eigenvalue weighted by atomic mass is 35.5. The fraction of sp³-hybridized carbons (Fsp3) is 0.391. The first-order valence-electron chi connectivity index (χ1n) is 10.2. The lowest BCUT2D eigenvalue weighted by molar-refractivity contribution is -0.0738. The molecule has 158 valence electrons. The van der Waals surface area contributed by atoms with Crippen LogP contribution in [0, 0.1) is 0 Å². The smallest absolute Gasteiger partial charge is 0.324 e. The number of anilines is 1. The number of halogens is 1. The van der Waals surface area contributed by atoms with E-state index in [1.807, 2.05) is 35.2 Å². The molecule has 7 heteroatoms. The van der Waals surface area contributed by atoms with Crippen LogP contribution in [0.1, 0.15) is 22.8 Å². The first kappa shape index (κ1) is 20.8. The number of hydrogen-bond donors (Lipinski definition) is 0. The number of rotatable bonds is 5. The van der Waals surface area contributed by atoms with Gasteiger partial charge in [-0.15, -0.1) is 0 Å². The molecule has 2 amide bonds. The molecule has 0 aromatic heterocycles. The minimum Gasteiger partial charge on any atom is -0.378 e. The van der Waals surface area contributed by atoms with Gasteiger partial charge >= 0.3 is 6.03 Å². The first-order chi connectivity index (χ1) is 14.5. The van der Waals surface area contributed by atoms with Crippen LogP contribution in [0.5, 0.6) is 0 Å². The second-order valence-corrected chi connectivity index (χ2v) is 8.25. The molecule has 0 N–H and O–H groups in total. The third-order valence-corrected chi connectivity index (χ3v) is 6.01. The summed E-state index contributed by atoms with van der Waals surface area (Å²) in [7, 11) is 0. The molecular weight excluding hydrogens is 402 g/mol. The van der Waals surface area contributed by atoms with E-state index in [1.165, 1.54) is 0 Å². The molecule has 0 atom stereocenters. The number of ketones is 1. The van der Waals surface area contributed by atoms with E-state index in [-0.39, 0.29) is 11.8 Å². The van der Waals surface area contributed by atoms with Crippen LogP contribution in [0.25, 0.3) is 0 Å². The Hall–Kier alpha value is -2.41. The second kappa shape index (κ2) is 9.16. The Kier molecular flexibility index (Phi) is 6.37. The third-order valence-electron chi connectivity index (χ3n) is 5.77. The zero-order chi connectivity index (χ0) is 21.1. The maximum Gasteiger partial charge on any atom is 0.324 e. The molecule has 2 aliphatic rings. The zero-order valence-corrected chi connectivity index (χ0v) is 17.8. The molecule has 0 bridgehead atoms. The lowest BCUT2D eigenvalue weighted by Gasteiger charge is -2.43. The van der Waals surface area contributed by atoms with Crippen LogP contribution in [-0.2, 0) is 11.3 Å². The van der Waals surface area contributed by atoms with Crippen molar-refractivity contribution in [2.24, 2.45) is 0 Å². The Bertz CT molecular complexity index is 906. The Morgan fingerprint density at radius 3 is 2.33 bits per heavy atom. The molecule has 2 saturated heterocycles. The van der Waals surface area contributed by atoms with Crippen molar-refractivity contribution in [3.05, 3.63) is 64.7 Å². The number of urea groups is 1. The van der Waals surface area contributed by atoms with Gasteiger partial charge < -0.3 is 9.64 Å². The van der Waals surface area contributed by atoms with Gasteiger partial charge in [0.1, 0.15) is 0 Å². The predicted molar refractivity (Wildman–Crippen MR) is 117 cm³/mol. The minimum atomic E-state index is -0.0302. The highest BCUT2D eigenvalue weighted by Gasteiger charge is 2.32. The van der Waals surface area contributed by atoms with E-state index in [0.29, 0.717) is 36.3 Å². The van der Waals surface area contributed by atoms with Gasteiger partial charge in [-0.1, -0.05) is 41.9 Å². The van der Waals surface area contributed by atoms with Crippen molar-refractivity contribution in [2.45, 2.75) is 19.5 Å². The summed E-state index contributed by atoms with van der Waals surface area (Å²) in [5, 5.41) is 0.590. The highest BCUT2D eigenvalue weighted by Crippen LogP contribution is 2.24. The monoisotopic (exact) mass is 427 g/mol. The van der Waals surface area contributed by atoms with Crippen LogP contribution in [0.2, 0.25) is 5.02 Å². The van der Waals surface area contributed by atoms with Crippen molar-refractivity contribution in [1.82, 2.24) is 9.80 Å². The summed E-state index contributed by atoms with van der Waals surface area (Å²) in [4.78, 5) is 31.1. The highest BCUT2D eigenvalue weighted by molar-refractivity contribution is 6.30. The molecule has 0 spiro atoms. The Morgan fingerprint density at radius 2 is 1.77 bits per heavy atom. The molecular formula is C23H26ClN3O3. The molecule has 2 aromatic rings. The quantitative estimate of drug-likeness (QED) is 0.683. The molecule has 30 heavy (non-hydrogen) atoms. The van der Waals surface area contributed by atoms with Crippen LogP contribution < -0.4 is 4.90 Å². The van der Waals surface area contributed by atoms with Gasteiger partial charge in [-0.3, -0.25) is 14.6 Å². The number of Topliss-reactive ketones (excluding diaryl/α,β-unsaturated/α-hetero) is 1. The predicted octanol–water partition coefficient (Wildman–Crippen LogP) is 3.69. The van der Waals surface area contributed by atoms with Gasteiger partial charge in [-0.05, 0) is 30.7 Å². The Labute approximate surface area is 182 Å². The standard InChI is InChI=1S/C23H26ClN3O3/c1-17(28)19-7-5-18(6-8-19)14-27(21-4-2-3-20(24)13-21)23(29)26-11-9-25(10-12-26)22-15-30-16-22/h2-8,13,22H,9-12,14-16H2,1H3. The molecule has 0 radical (unpaired) electrons. The van der Waals surface area contributed by atoms with Crippen molar-refractivity contribution in [3.63, 3.8) is 0 Å². The number of piperazine rings is 1. The van der Waals surface area contributed by atoms with Crippen LogP contribution in [0.3, 0.4) is 0 Å². The molecule has 4 rings (SSSR count). The largest absolute Gasteiger partial charge is 0.378 e. The number of carbonyl (C=O) groups excluding carboxylic acids is 2. The van der Waals surface area contributed by atoms with Gasteiger partial charge in [0.05, 0.1) is 25.8 Å². The molecule has 2 heterocycles. The fourth-order valence-corrected chi connectivity index (χ4v) is 4.01. The lowest BCUT2D eigenvalue weighted by Crippen LogP contribution is -2.59. The van der Waals surface area contributed by atoms with Crippen LogP contribution in [0.15, 0.2) is 48.5 Å². The van der Waals surface area contributed by atoms with Crippen molar-refractivity contribution < 1.29 is 14.3 Å². The third kappa shape index (κ3) is 4.67. The molecule has 0 saturated carbocycles. The number of benzene rings is 2. The molecule has 0 unspecified atom stereocenters. The molecule has 0 aliphatic carbocycles. The normalized spacial score (nSPS) is 17.5. The van der Waals surface area contributed by atoms with Gasteiger partial charge in [-0.2, -0.15) is 0 Å². The topological polar surface area (TPSA) is 53.1 Å². The van der Waals surface area contributed by atoms with Crippen LogP contribution >= 0.6 is 11.6 Å². The average molecular weight is 428 g/mol. The number of ether oxygens (including phenoxy) is 1. The summed E-state index contributed by atoms with van der Waals surface area (Å²) >= 11 is 6.21. The molecule has 2 aromatic carbocycles. The van der Waals surface area contributed by atoms with E-state index >= 15 is 0 Å². The zero-order valence-electron chi connectivity index (χ0n) is 17.1.